The fourth-order valence-electron chi connectivity index (χ4n) is 1.72. The lowest BCUT2D eigenvalue weighted by Gasteiger charge is -2.06. The largest absolute Gasteiger partial charge is 0.326 e. The van der Waals surface area contributed by atoms with Crippen molar-refractivity contribution < 1.29 is 4.79 Å². The van der Waals surface area contributed by atoms with Crippen molar-refractivity contribution in [1.82, 2.24) is 14.6 Å². The minimum atomic E-state index is -0.398. The van der Waals surface area contributed by atoms with Crippen LogP contribution in [0.25, 0.3) is 5.65 Å². The number of nitrogens with one attached hydrogen (secondary N) is 2. The summed E-state index contributed by atoms with van der Waals surface area (Å²) in [5, 5.41) is 13.8. The predicted octanol–water partition coefficient (Wildman–Crippen LogP) is 3.03. The average Bonchev–Trinajstić information content (AvgIpc) is 2.85. The van der Waals surface area contributed by atoms with E-state index in [9.17, 15) is 4.79 Å². The maximum atomic E-state index is 11.9. The van der Waals surface area contributed by atoms with Gasteiger partial charge < -0.3 is 5.32 Å². The molecule has 0 spiro atoms. The van der Waals surface area contributed by atoms with Gasteiger partial charge in [-0.2, -0.15) is 0 Å². The fraction of sp³-hybridized carbons (Fsp3) is 0. The lowest BCUT2D eigenvalue weighted by atomic mass is 10.3. The Labute approximate surface area is 119 Å². The zero-order valence-corrected chi connectivity index (χ0v) is 11.0. The first-order valence-corrected chi connectivity index (χ1v) is 6.23. The van der Waals surface area contributed by atoms with E-state index in [0.717, 1.165) is 0 Å². The molecule has 0 aliphatic rings. The van der Waals surface area contributed by atoms with E-state index in [1.165, 1.54) is 0 Å². The van der Waals surface area contributed by atoms with Crippen LogP contribution in [0.1, 0.15) is 0 Å². The third-order valence-corrected chi connectivity index (χ3v) is 2.89. The van der Waals surface area contributed by atoms with Gasteiger partial charge in [0.25, 0.3) is 0 Å². The highest BCUT2D eigenvalue weighted by Gasteiger charge is 2.08. The summed E-state index contributed by atoms with van der Waals surface area (Å²) in [6.07, 6.45) is 1.77. The Morgan fingerprint density at radius 3 is 2.65 bits per heavy atom. The molecule has 0 unspecified atom stereocenters. The van der Waals surface area contributed by atoms with Gasteiger partial charge >= 0.3 is 6.03 Å². The van der Waals surface area contributed by atoms with Crippen LogP contribution in [-0.2, 0) is 0 Å². The summed E-state index contributed by atoms with van der Waals surface area (Å²) in [6, 6.07) is 11.9. The van der Waals surface area contributed by atoms with Gasteiger partial charge in [-0.1, -0.05) is 17.7 Å². The fourth-order valence-corrected chi connectivity index (χ4v) is 1.85. The lowest BCUT2D eigenvalue weighted by Crippen LogP contribution is -2.20. The molecule has 6 nitrogen and oxygen atoms in total. The van der Waals surface area contributed by atoms with Gasteiger partial charge in [0.05, 0.1) is 0 Å². The van der Waals surface area contributed by atoms with Crippen LogP contribution < -0.4 is 10.6 Å². The molecule has 20 heavy (non-hydrogen) atoms. The van der Waals surface area contributed by atoms with Crippen molar-refractivity contribution in [3.05, 3.63) is 53.7 Å². The summed E-state index contributed by atoms with van der Waals surface area (Å²) in [5.74, 6) is 0.354. The van der Waals surface area contributed by atoms with Crippen molar-refractivity contribution in [2.45, 2.75) is 0 Å². The van der Waals surface area contributed by atoms with Gasteiger partial charge in [-0.3, -0.25) is 9.72 Å². The third kappa shape index (κ3) is 2.55. The number of aromatic nitrogens is 3. The molecule has 2 aromatic heterocycles. The molecule has 0 saturated heterocycles. The molecule has 1 aromatic carbocycles. The van der Waals surface area contributed by atoms with Crippen LogP contribution in [0.15, 0.2) is 48.7 Å². The second-order valence-electron chi connectivity index (χ2n) is 4.04. The van der Waals surface area contributed by atoms with E-state index in [1.54, 1.807) is 40.9 Å². The van der Waals surface area contributed by atoms with Gasteiger partial charge in [-0.15, -0.1) is 10.2 Å². The number of carbonyl (C=O) groups is 1. The van der Waals surface area contributed by atoms with Gasteiger partial charge in [-0.05, 0) is 36.4 Å². The molecule has 3 rings (SSSR count). The standard InChI is InChI=1S/C13H10ClN5O/c14-9-4-6-10(7-5-9)15-13(20)16-12-18-17-11-3-1-2-8-19(11)12/h1-8H,(H2,15,16,18,20). The van der Waals surface area contributed by atoms with Crippen molar-refractivity contribution in [1.29, 1.82) is 0 Å². The number of halogens is 1. The van der Waals surface area contributed by atoms with Crippen molar-refractivity contribution in [3.63, 3.8) is 0 Å². The van der Waals surface area contributed by atoms with Gasteiger partial charge in [0.1, 0.15) is 0 Å². The molecule has 0 aliphatic carbocycles. The maximum absolute atomic E-state index is 11.9. The maximum Gasteiger partial charge on any atom is 0.326 e. The van der Waals surface area contributed by atoms with Crippen LogP contribution in [-0.4, -0.2) is 20.6 Å². The Kier molecular flexibility index (Phi) is 3.22. The van der Waals surface area contributed by atoms with E-state index in [-0.39, 0.29) is 0 Å². The number of hydrogen-bond donors (Lipinski definition) is 2. The van der Waals surface area contributed by atoms with E-state index in [4.69, 9.17) is 11.6 Å². The Bertz CT molecular complexity index is 753. The average molecular weight is 288 g/mol. The summed E-state index contributed by atoms with van der Waals surface area (Å²) in [5.41, 5.74) is 1.30. The number of hydrogen-bond acceptors (Lipinski definition) is 3. The summed E-state index contributed by atoms with van der Waals surface area (Å²) in [6.45, 7) is 0. The first-order valence-electron chi connectivity index (χ1n) is 5.86. The molecule has 7 heteroatoms. The highest BCUT2D eigenvalue weighted by atomic mass is 35.5. The van der Waals surface area contributed by atoms with Crippen LogP contribution in [0.2, 0.25) is 5.02 Å². The molecule has 2 N–H and O–H groups in total. The quantitative estimate of drug-likeness (QED) is 0.761. The van der Waals surface area contributed by atoms with Gasteiger partial charge in [0.15, 0.2) is 5.65 Å². The number of anilines is 2. The number of fused-ring (bicyclic) bond motifs is 1. The van der Waals surface area contributed by atoms with Crippen molar-refractivity contribution in [2.24, 2.45) is 0 Å². The predicted molar refractivity (Wildman–Crippen MR) is 77.1 cm³/mol. The molecule has 0 atom stereocenters. The summed E-state index contributed by atoms with van der Waals surface area (Å²) in [7, 11) is 0. The number of carbonyl (C=O) groups excluding carboxylic acids is 1. The molecule has 100 valence electrons. The van der Waals surface area contributed by atoms with E-state index < -0.39 is 6.03 Å². The minimum Gasteiger partial charge on any atom is -0.308 e. The Hall–Kier alpha value is -2.60. The Morgan fingerprint density at radius 2 is 1.85 bits per heavy atom. The number of rotatable bonds is 2. The molecule has 0 aliphatic heterocycles. The molecule has 2 amide bonds. The van der Waals surface area contributed by atoms with E-state index >= 15 is 0 Å². The van der Waals surface area contributed by atoms with E-state index in [2.05, 4.69) is 20.8 Å². The van der Waals surface area contributed by atoms with Gasteiger partial charge in [0.2, 0.25) is 5.95 Å². The molecule has 0 bridgehead atoms. The SMILES string of the molecule is O=C(Nc1ccc(Cl)cc1)Nc1nnc2ccccn12. The highest BCUT2D eigenvalue weighted by molar-refractivity contribution is 6.30. The topological polar surface area (TPSA) is 71.3 Å². The highest BCUT2D eigenvalue weighted by Crippen LogP contribution is 2.14. The molecule has 0 fully saturated rings. The number of nitrogens with zero attached hydrogens (tertiary/aromatic N) is 3. The second-order valence-corrected chi connectivity index (χ2v) is 4.47. The molecule has 0 radical (unpaired) electrons. The van der Waals surface area contributed by atoms with Crippen molar-refractivity contribution in [3.8, 4) is 0 Å². The monoisotopic (exact) mass is 287 g/mol. The van der Waals surface area contributed by atoms with Gasteiger partial charge in [-0.25, -0.2) is 4.79 Å². The Morgan fingerprint density at radius 1 is 1.05 bits per heavy atom. The zero-order valence-electron chi connectivity index (χ0n) is 10.2. The summed E-state index contributed by atoms with van der Waals surface area (Å²) >= 11 is 5.78. The van der Waals surface area contributed by atoms with Crippen molar-refractivity contribution in [2.75, 3.05) is 10.6 Å². The first-order chi connectivity index (χ1) is 9.72. The third-order valence-electron chi connectivity index (χ3n) is 2.64. The summed E-state index contributed by atoms with van der Waals surface area (Å²) in [4.78, 5) is 11.9. The Balaban J connectivity index is 1.74. The molecule has 0 saturated carbocycles. The van der Waals surface area contributed by atoms with E-state index in [1.807, 2.05) is 12.1 Å². The number of urea groups is 1. The minimum absolute atomic E-state index is 0.354. The summed E-state index contributed by atoms with van der Waals surface area (Å²) < 4.78 is 1.68. The van der Waals surface area contributed by atoms with Gasteiger partial charge in [0, 0.05) is 16.9 Å². The first kappa shape index (κ1) is 12.4. The number of pyridine rings is 1. The zero-order chi connectivity index (χ0) is 13.9. The van der Waals surface area contributed by atoms with Crippen molar-refractivity contribution >= 4 is 34.9 Å². The molecular formula is C13H10ClN5O. The number of amides is 2. The molecule has 2 heterocycles. The normalized spacial score (nSPS) is 10.4. The van der Waals surface area contributed by atoms with E-state index in [0.29, 0.717) is 22.3 Å². The second kappa shape index (κ2) is 5.18. The van der Waals surface area contributed by atoms with Crippen LogP contribution in [0.4, 0.5) is 16.4 Å². The lowest BCUT2D eigenvalue weighted by molar-refractivity contribution is 0.262. The molecule has 3 aromatic rings. The molecular weight excluding hydrogens is 278 g/mol. The van der Waals surface area contributed by atoms with Crippen LogP contribution in [0.5, 0.6) is 0 Å². The van der Waals surface area contributed by atoms with Crippen LogP contribution in [0, 0.1) is 0 Å². The number of benzene rings is 1. The van der Waals surface area contributed by atoms with Crippen LogP contribution in [0.3, 0.4) is 0 Å². The smallest absolute Gasteiger partial charge is 0.308 e. The van der Waals surface area contributed by atoms with Crippen LogP contribution >= 0.6 is 11.6 Å².